The first-order valence-electron chi connectivity index (χ1n) is 9.15. The smallest absolute Gasteiger partial charge is 0.336 e. The second-order valence-corrected chi connectivity index (χ2v) is 6.95. The van der Waals surface area contributed by atoms with Gasteiger partial charge in [0.25, 0.3) is 0 Å². The van der Waals surface area contributed by atoms with Crippen molar-refractivity contribution >= 4 is 28.3 Å². The molecule has 4 aromatic rings. The van der Waals surface area contributed by atoms with Crippen LogP contribution in [0.2, 0.25) is 0 Å². The van der Waals surface area contributed by atoms with E-state index in [1.807, 2.05) is 36.4 Å². The highest BCUT2D eigenvalue weighted by atomic mass is 16.4. The highest BCUT2D eigenvalue weighted by molar-refractivity contribution is 6.31. The van der Waals surface area contributed by atoms with Crippen LogP contribution in [0.1, 0.15) is 42.2 Å². The molecule has 0 spiro atoms. The van der Waals surface area contributed by atoms with Gasteiger partial charge in [-0.2, -0.15) is 0 Å². The van der Waals surface area contributed by atoms with Crippen molar-refractivity contribution in [2.75, 3.05) is 0 Å². The zero-order valence-corrected chi connectivity index (χ0v) is 15.2. The number of carbonyl (C=O) groups excluding carboxylic acids is 2. The zero-order valence-electron chi connectivity index (χ0n) is 15.2. The van der Waals surface area contributed by atoms with Gasteiger partial charge in [-0.25, -0.2) is 4.79 Å². The summed E-state index contributed by atoms with van der Waals surface area (Å²) in [5.74, 6) is -1.75. The van der Waals surface area contributed by atoms with Crippen LogP contribution in [0.15, 0.2) is 78.9 Å². The summed E-state index contributed by atoms with van der Waals surface area (Å²) < 4.78 is 0. The fourth-order valence-electron chi connectivity index (χ4n) is 4.09. The van der Waals surface area contributed by atoms with Crippen LogP contribution in [0, 0.1) is 0 Å². The van der Waals surface area contributed by atoms with Gasteiger partial charge in [0, 0.05) is 27.8 Å². The van der Waals surface area contributed by atoms with Crippen molar-refractivity contribution in [1.29, 1.82) is 0 Å². The zero-order chi connectivity index (χ0) is 20.1. The number of hydrogen-bond acceptors (Lipinski definition) is 3. The average Bonchev–Trinajstić information content (AvgIpc) is 2.76. The molecule has 0 aliphatic heterocycles. The van der Waals surface area contributed by atoms with Crippen molar-refractivity contribution in [1.82, 2.24) is 0 Å². The van der Waals surface area contributed by atoms with Crippen molar-refractivity contribution in [2.45, 2.75) is 0 Å². The van der Waals surface area contributed by atoms with Gasteiger partial charge in [-0.3, -0.25) is 9.59 Å². The summed E-state index contributed by atoms with van der Waals surface area (Å²) in [5, 5.41) is 11.6. The molecule has 0 fully saturated rings. The number of fused-ring (bicyclic) bond motifs is 3. The summed E-state index contributed by atoms with van der Waals surface area (Å²) in [7, 11) is 0. The maximum atomic E-state index is 13.4. The maximum absolute atomic E-state index is 13.4. The van der Waals surface area contributed by atoms with Gasteiger partial charge in [0.15, 0.2) is 11.6 Å². The van der Waals surface area contributed by atoms with E-state index in [1.54, 1.807) is 30.3 Å². The molecule has 1 N–H and O–H groups in total. The number of ketones is 2. The number of rotatable bonds is 2. The highest BCUT2D eigenvalue weighted by Crippen LogP contribution is 2.39. The molecule has 5 rings (SSSR count). The molecular formula is C25H14O4. The summed E-state index contributed by atoms with van der Waals surface area (Å²) in [4.78, 5) is 38.6. The first-order chi connectivity index (χ1) is 14.1. The van der Waals surface area contributed by atoms with Gasteiger partial charge in [0.2, 0.25) is 0 Å². The molecule has 4 nitrogen and oxygen atoms in total. The number of benzene rings is 4. The molecule has 0 saturated heterocycles. The SMILES string of the molecule is O=C1c2ccccc2C(=O)c2c1ccc(C(=O)O)c2-c1cccc2ccccc12. The highest BCUT2D eigenvalue weighted by Gasteiger charge is 2.34. The Morgan fingerprint density at radius 2 is 1.21 bits per heavy atom. The first-order valence-corrected chi connectivity index (χ1v) is 9.15. The predicted molar refractivity (Wildman–Crippen MR) is 110 cm³/mol. The topological polar surface area (TPSA) is 71.4 Å². The van der Waals surface area contributed by atoms with E-state index in [0.29, 0.717) is 22.3 Å². The quantitative estimate of drug-likeness (QED) is 0.470. The number of carboxylic acids is 1. The summed E-state index contributed by atoms with van der Waals surface area (Å²) in [6, 6.07) is 22.6. The van der Waals surface area contributed by atoms with Crippen LogP contribution >= 0.6 is 0 Å². The van der Waals surface area contributed by atoms with Crippen molar-refractivity contribution in [3.8, 4) is 11.1 Å². The van der Waals surface area contributed by atoms with Gasteiger partial charge in [-0.15, -0.1) is 0 Å². The molecule has 1 aliphatic rings. The van der Waals surface area contributed by atoms with Crippen molar-refractivity contribution in [3.63, 3.8) is 0 Å². The molecule has 4 aromatic carbocycles. The van der Waals surface area contributed by atoms with E-state index < -0.39 is 5.97 Å². The third kappa shape index (κ3) is 2.43. The Labute approximate surface area is 166 Å². The number of aromatic carboxylic acids is 1. The lowest BCUT2D eigenvalue weighted by Gasteiger charge is -2.22. The Balaban J connectivity index is 1.93. The maximum Gasteiger partial charge on any atom is 0.336 e. The lowest BCUT2D eigenvalue weighted by atomic mass is 9.78. The lowest BCUT2D eigenvalue weighted by Crippen LogP contribution is -2.23. The number of carbonyl (C=O) groups is 3. The van der Waals surface area contributed by atoms with Crippen molar-refractivity contribution < 1.29 is 19.5 Å². The van der Waals surface area contributed by atoms with Crippen LogP contribution in [0.25, 0.3) is 21.9 Å². The minimum atomic E-state index is -1.14. The molecule has 0 saturated carbocycles. The molecule has 0 unspecified atom stereocenters. The van der Waals surface area contributed by atoms with E-state index in [2.05, 4.69) is 0 Å². The van der Waals surface area contributed by atoms with E-state index in [0.717, 1.165) is 10.8 Å². The Hall–Kier alpha value is -4.05. The number of carboxylic acid groups (broad SMARTS) is 1. The summed E-state index contributed by atoms with van der Waals surface area (Å²) in [5.41, 5.74) is 1.95. The molecule has 29 heavy (non-hydrogen) atoms. The molecule has 0 aromatic heterocycles. The second-order valence-electron chi connectivity index (χ2n) is 6.95. The average molecular weight is 378 g/mol. The second kappa shape index (κ2) is 6.24. The van der Waals surface area contributed by atoms with Gasteiger partial charge < -0.3 is 5.11 Å². The van der Waals surface area contributed by atoms with Crippen LogP contribution in [0.5, 0.6) is 0 Å². The molecule has 4 heteroatoms. The molecule has 0 radical (unpaired) electrons. The molecule has 138 valence electrons. The van der Waals surface area contributed by atoms with E-state index >= 15 is 0 Å². The van der Waals surface area contributed by atoms with E-state index in [1.165, 1.54) is 12.1 Å². The summed E-state index contributed by atoms with van der Waals surface area (Å²) >= 11 is 0. The van der Waals surface area contributed by atoms with Gasteiger partial charge >= 0.3 is 5.97 Å². The third-order valence-electron chi connectivity index (χ3n) is 5.38. The molecule has 1 aliphatic carbocycles. The normalized spacial score (nSPS) is 12.6. The Kier molecular flexibility index (Phi) is 3.68. The van der Waals surface area contributed by atoms with Gasteiger partial charge in [0.1, 0.15) is 0 Å². The van der Waals surface area contributed by atoms with Gasteiger partial charge in [-0.05, 0) is 28.5 Å². The van der Waals surface area contributed by atoms with Crippen molar-refractivity contribution in [2.24, 2.45) is 0 Å². The minimum Gasteiger partial charge on any atom is -0.478 e. The van der Waals surface area contributed by atoms with Crippen LogP contribution in [-0.2, 0) is 0 Å². The fourth-order valence-corrected chi connectivity index (χ4v) is 4.09. The standard InChI is InChI=1S/C25H14O4/c26-23-17-9-3-4-10-18(17)24(27)22-19(23)12-13-20(25(28)29)21(22)16-11-5-7-14-6-1-2-8-15(14)16/h1-13H,(H,28,29). The fraction of sp³-hybridized carbons (Fsp3) is 0. The van der Waals surface area contributed by atoms with Gasteiger partial charge in [0.05, 0.1) is 5.56 Å². The summed E-state index contributed by atoms with van der Waals surface area (Å²) in [6.45, 7) is 0. The molecular weight excluding hydrogens is 364 g/mol. The first kappa shape index (κ1) is 17.1. The Bertz CT molecular complexity index is 1360. The third-order valence-corrected chi connectivity index (χ3v) is 5.38. The van der Waals surface area contributed by atoms with Crippen LogP contribution in [-0.4, -0.2) is 22.6 Å². The Morgan fingerprint density at radius 1 is 0.586 bits per heavy atom. The molecule has 0 amide bonds. The van der Waals surface area contributed by atoms with Crippen LogP contribution < -0.4 is 0 Å². The van der Waals surface area contributed by atoms with Crippen molar-refractivity contribution in [3.05, 3.63) is 107 Å². The van der Waals surface area contributed by atoms with Gasteiger partial charge in [-0.1, -0.05) is 66.7 Å². The van der Waals surface area contributed by atoms with Crippen LogP contribution in [0.3, 0.4) is 0 Å². The molecule has 0 bridgehead atoms. The minimum absolute atomic E-state index is 0.000587. The largest absolute Gasteiger partial charge is 0.478 e. The molecule has 0 heterocycles. The van der Waals surface area contributed by atoms with Crippen LogP contribution in [0.4, 0.5) is 0 Å². The van der Waals surface area contributed by atoms with E-state index in [9.17, 15) is 19.5 Å². The Morgan fingerprint density at radius 3 is 1.97 bits per heavy atom. The van der Waals surface area contributed by atoms with E-state index in [-0.39, 0.29) is 28.3 Å². The predicted octanol–water partition coefficient (Wildman–Crippen LogP) is 4.98. The van der Waals surface area contributed by atoms with E-state index in [4.69, 9.17) is 0 Å². The summed E-state index contributed by atoms with van der Waals surface area (Å²) in [6.07, 6.45) is 0. The lowest BCUT2D eigenvalue weighted by molar-refractivity contribution is 0.0697. The number of hydrogen-bond donors (Lipinski definition) is 1. The molecule has 0 atom stereocenters. The monoisotopic (exact) mass is 378 g/mol.